The molecule has 2 aliphatic heterocycles. The van der Waals surface area contributed by atoms with Crippen LogP contribution in [0.5, 0.6) is 0 Å². The molecular weight excluding hydrogens is 504 g/mol. The van der Waals surface area contributed by atoms with E-state index in [1.165, 1.54) is 37.2 Å². The Labute approximate surface area is 237 Å². The van der Waals surface area contributed by atoms with Crippen molar-refractivity contribution < 1.29 is 5.11 Å². The standard InChI is InChI=1S/C27H40N6O.C4H4S/c28-30-26(31-29)25-10-8-22(9-11-25)7-4-13-27(34)14-17-32(18-15-27)20-24-12-16-33(21-24)19-23-5-2-1-3-6-23;1-2-4-5-3-1/h1-3,5-6,8-11,24,34H,4,7,12-21,28-29H2,(H,30,31);1-4H/t24-;/m1./s1. The van der Waals surface area contributed by atoms with Crippen molar-refractivity contribution in [2.75, 3.05) is 32.7 Å². The fourth-order valence-electron chi connectivity index (χ4n) is 5.69. The summed E-state index contributed by atoms with van der Waals surface area (Å²) in [5.74, 6) is 12.0. The second-order valence-corrected chi connectivity index (χ2v) is 11.7. The van der Waals surface area contributed by atoms with Crippen LogP contribution in [0.4, 0.5) is 0 Å². The van der Waals surface area contributed by atoms with Gasteiger partial charge in [0.05, 0.1) is 5.60 Å². The molecule has 6 N–H and O–H groups in total. The van der Waals surface area contributed by atoms with E-state index in [9.17, 15) is 5.11 Å². The average molecular weight is 549 g/mol. The van der Waals surface area contributed by atoms with Gasteiger partial charge in [-0.05, 0) is 72.9 Å². The van der Waals surface area contributed by atoms with Crippen LogP contribution in [0.25, 0.3) is 0 Å². The molecule has 2 aliphatic rings. The number of nitrogens with one attached hydrogen (secondary N) is 1. The number of hydrazine groups is 1. The number of aliphatic hydroxyl groups is 1. The highest BCUT2D eigenvalue weighted by Gasteiger charge is 2.33. The molecule has 7 nitrogen and oxygen atoms in total. The number of piperidine rings is 1. The van der Waals surface area contributed by atoms with Gasteiger partial charge in [-0.3, -0.25) is 4.90 Å². The summed E-state index contributed by atoms with van der Waals surface area (Å²) in [5.41, 5.74) is 5.50. The molecule has 0 amide bonds. The van der Waals surface area contributed by atoms with Gasteiger partial charge in [-0.15, -0.1) is 0 Å². The van der Waals surface area contributed by atoms with E-state index in [2.05, 4.69) is 62.8 Å². The van der Waals surface area contributed by atoms with Crippen molar-refractivity contribution in [2.45, 2.75) is 50.7 Å². The minimum absolute atomic E-state index is 0.467. The van der Waals surface area contributed by atoms with Gasteiger partial charge >= 0.3 is 0 Å². The van der Waals surface area contributed by atoms with Gasteiger partial charge in [0.2, 0.25) is 0 Å². The van der Waals surface area contributed by atoms with E-state index in [1.54, 1.807) is 11.3 Å². The molecule has 5 rings (SSSR count). The molecule has 2 saturated heterocycles. The van der Waals surface area contributed by atoms with Gasteiger partial charge in [-0.25, -0.2) is 5.84 Å². The van der Waals surface area contributed by atoms with E-state index in [1.807, 2.05) is 35.0 Å². The Morgan fingerprint density at radius 3 is 2.28 bits per heavy atom. The number of rotatable bonds is 9. The summed E-state index contributed by atoms with van der Waals surface area (Å²) in [6.07, 6.45) is 5.84. The zero-order chi connectivity index (χ0) is 27.3. The highest BCUT2D eigenvalue weighted by Crippen LogP contribution is 2.29. The van der Waals surface area contributed by atoms with Gasteiger partial charge < -0.3 is 21.3 Å². The predicted octanol–water partition coefficient (Wildman–Crippen LogP) is 4.19. The van der Waals surface area contributed by atoms with Crippen LogP contribution in [-0.4, -0.2) is 59.1 Å². The first-order valence-electron chi connectivity index (χ1n) is 14.1. The fourth-order valence-corrected chi connectivity index (χ4v) is 6.14. The molecule has 0 saturated carbocycles. The number of nitrogens with zero attached hydrogens (tertiary/aromatic N) is 3. The Bertz CT molecular complexity index is 1080. The second-order valence-electron chi connectivity index (χ2n) is 10.9. The SMILES string of the molecule is N/N=C(\NN)c1ccc(CCCC2(O)CCN(C[C@H]3CCN(Cc4ccccc4)C3)CC2)cc1.c1ccsc1. The van der Waals surface area contributed by atoms with Crippen LogP contribution in [0.3, 0.4) is 0 Å². The lowest BCUT2D eigenvalue weighted by atomic mass is 9.85. The van der Waals surface area contributed by atoms with Crippen LogP contribution in [0.15, 0.2) is 82.6 Å². The van der Waals surface area contributed by atoms with Crippen molar-refractivity contribution in [1.29, 1.82) is 0 Å². The maximum atomic E-state index is 11.1. The van der Waals surface area contributed by atoms with E-state index in [0.29, 0.717) is 5.84 Å². The Balaban J connectivity index is 0.000000634. The number of aryl methyl sites for hydroxylation is 1. The number of benzene rings is 2. The zero-order valence-corrected chi connectivity index (χ0v) is 23.7. The number of amidine groups is 1. The summed E-state index contributed by atoms with van der Waals surface area (Å²) in [7, 11) is 0. The van der Waals surface area contributed by atoms with Crippen LogP contribution in [0.1, 0.15) is 48.8 Å². The zero-order valence-electron chi connectivity index (χ0n) is 22.9. The Morgan fingerprint density at radius 2 is 1.67 bits per heavy atom. The van der Waals surface area contributed by atoms with Crippen LogP contribution in [0.2, 0.25) is 0 Å². The first kappa shape index (κ1) is 29.2. The number of hydrogen-bond acceptors (Lipinski definition) is 7. The van der Waals surface area contributed by atoms with Gasteiger partial charge in [-0.1, -0.05) is 66.7 Å². The van der Waals surface area contributed by atoms with Crippen molar-refractivity contribution in [3.8, 4) is 0 Å². The monoisotopic (exact) mass is 548 g/mol. The minimum atomic E-state index is -0.520. The largest absolute Gasteiger partial charge is 0.390 e. The summed E-state index contributed by atoms with van der Waals surface area (Å²) in [6, 6.07) is 22.9. The maximum absolute atomic E-state index is 11.1. The molecule has 1 aromatic heterocycles. The van der Waals surface area contributed by atoms with E-state index >= 15 is 0 Å². The van der Waals surface area contributed by atoms with Crippen LogP contribution < -0.4 is 17.1 Å². The van der Waals surface area contributed by atoms with Gasteiger partial charge in [0.1, 0.15) is 0 Å². The third-order valence-electron chi connectivity index (χ3n) is 7.95. The van der Waals surface area contributed by atoms with Gasteiger partial charge in [0, 0.05) is 38.3 Å². The van der Waals surface area contributed by atoms with Crippen molar-refractivity contribution in [2.24, 2.45) is 22.7 Å². The molecule has 8 heteroatoms. The van der Waals surface area contributed by atoms with Gasteiger partial charge in [0.15, 0.2) is 5.84 Å². The Hall–Kier alpha value is -2.75. The minimum Gasteiger partial charge on any atom is -0.390 e. The molecule has 2 fully saturated rings. The molecule has 0 aliphatic carbocycles. The van der Waals surface area contributed by atoms with E-state index < -0.39 is 5.60 Å². The molecule has 0 radical (unpaired) electrons. The molecule has 1 atom stereocenters. The molecule has 2 aromatic carbocycles. The lowest BCUT2D eigenvalue weighted by Gasteiger charge is -2.39. The smallest absolute Gasteiger partial charge is 0.166 e. The highest BCUT2D eigenvalue weighted by molar-refractivity contribution is 7.07. The Kier molecular flexibility index (Phi) is 11.4. The van der Waals surface area contributed by atoms with Crippen molar-refractivity contribution in [3.05, 3.63) is 94.2 Å². The number of hydrogen-bond donors (Lipinski definition) is 4. The van der Waals surface area contributed by atoms with E-state index in [-0.39, 0.29) is 0 Å². The summed E-state index contributed by atoms with van der Waals surface area (Å²) in [5, 5.41) is 18.9. The van der Waals surface area contributed by atoms with Crippen LogP contribution >= 0.6 is 11.3 Å². The quantitative estimate of drug-likeness (QED) is 0.138. The summed E-state index contributed by atoms with van der Waals surface area (Å²) in [6.45, 7) is 6.63. The van der Waals surface area contributed by atoms with E-state index in [0.717, 1.165) is 63.2 Å². The van der Waals surface area contributed by atoms with Gasteiger partial charge in [-0.2, -0.15) is 16.4 Å². The number of hydrazone groups is 1. The third-order valence-corrected chi connectivity index (χ3v) is 8.58. The third kappa shape index (κ3) is 9.44. The first-order chi connectivity index (χ1) is 19.1. The normalized spacial score (nSPS) is 19.8. The first-order valence-corrected chi connectivity index (χ1v) is 15.0. The molecule has 3 heterocycles. The molecule has 0 spiro atoms. The van der Waals surface area contributed by atoms with Crippen molar-refractivity contribution in [1.82, 2.24) is 15.2 Å². The fraction of sp³-hybridized carbons (Fsp3) is 0.452. The second kappa shape index (κ2) is 15.1. The molecule has 0 bridgehead atoms. The maximum Gasteiger partial charge on any atom is 0.166 e. The van der Waals surface area contributed by atoms with Crippen LogP contribution in [0, 0.1) is 5.92 Å². The predicted molar refractivity (Wildman–Crippen MR) is 162 cm³/mol. The molecule has 3 aromatic rings. The Morgan fingerprint density at radius 1 is 0.949 bits per heavy atom. The molecule has 0 unspecified atom stereocenters. The summed E-state index contributed by atoms with van der Waals surface area (Å²) < 4.78 is 0. The highest BCUT2D eigenvalue weighted by atomic mass is 32.1. The topological polar surface area (TPSA) is 103 Å². The molecule has 39 heavy (non-hydrogen) atoms. The summed E-state index contributed by atoms with van der Waals surface area (Å²) in [4.78, 5) is 5.16. The van der Waals surface area contributed by atoms with E-state index in [4.69, 9.17) is 11.7 Å². The average Bonchev–Trinajstić information content (AvgIpc) is 3.68. The lowest BCUT2D eigenvalue weighted by Crippen LogP contribution is -2.46. The molecule has 210 valence electrons. The molecular formula is C31H44N6OS. The van der Waals surface area contributed by atoms with Crippen molar-refractivity contribution in [3.63, 3.8) is 0 Å². The van der Waals surface area contributed by atoms with Crippen LogP contribution in [-0.2, 0) is 13.0 Å². The lowest BCUT2D eigenvalue weighted by molar-refractivity contribution is -0.0313. The number of thiophene rings is 1. The van der Waals surface area contributed by atoms with Crippen molar-refractivity contribution >= 4 is 17.2 Å². The number of likely N-dealkylation sites (tertiary alicyclic amines) is 2. The van der Waals surface area contributed by atoms with Gasteiger partial charge in [0.25, 0.3) is 0 Å². The number of nitrogens with two attached hydrogens (primary N) is 2. The summed E-state index contributed by atoms with van der Waals surface area (Å²) >= 11 is 1.71.